The first-order chi connectivity index (χ1) is 21.8. The van der Waals surface area contributed by atoms with E-state index in [1.165, 1.54) is 45.6 Å². The van der Waals surface area contributed by atoms with Crippen molar-refractivity contribution >= 4 is 21.8 Å². The van der Waals surface area contributed by atoms with Gasteiger partial charge in [0.2, 0.25) is 15.9 Å². The van der Waals surface area contributed by atoms with Gasteiger partial charge in [0.1, 0.15) is 17.6 Å². The average Bonchev–Trinajstić information content (AvgIpc) is 3.60. The van der Waals surface area contributed by atoms with E-state index in [9.17, 15) is 22.4 Å². The number of amides is 2. The van der Waals surface area contributed by atoms with Gasteiger partial charge >= 0.3 is 0 Å². The van der Waals surface area contributed by atoms with Crippen molar-refractivity contribution in [2.45, 2.75) is 42.8 Å². The molecular formula is C33H38FN3O7S. The predicted octanol–water partition coefficient (Wildman–Crippen LogP) is 3.16. The number of nitrogens with zero attached hydrogens (tertiary/aromatic N) is 2. The van der Waals surface area contributed by atoms with E-state index in [-0.39, 0.29) is 43.0 Å². The van der Waals surface area contributed by atoms with Crippen LogP contribution in [0.5, 0.6) is 5.75 Å². The minimum atomic E-state index is -3.68. The van der Waals surface area contributed by atoms with Crippen LogP contribution in [-0.4, -0.2) is 87.6 Å². The summed E-state index contributed by atoms with van der Waals surface area (Å²) < 4.78 is 57.8. The molecule has 5 rings (SSSR count). The number of carbonyl (C=O) groups is 2. The fourth-order valence-corrected chi connectivity index (χ4v) is 6.76. The smallest absolute Gasteiger partial charge is 0.261 e. The topological polar surface area (TPSA) is 114 Å². The van der Waals surface area contributed by atoms with E-state index in [4.69, 9.17) is 14.2 Å². The van der Waals surface area contributed by atoms with Gasteiger partial charge in [-0.3, -0.25) is 9.59 Å². The van der Waals surface area contributed by atoms with Gasteiger partial charge in [0.25, 0.3) is 5.91 Å². The number of sulfonamides is 1. The molecule has 0 radical (unpaired) electrons. The number of rotatable bonds is 13. The van der Waals surface area contributed by atoms with E-state index in [2.05, 4.69) is 5.32 Å². The van der Waals surface area contributed by atoms with Crippen LogP contribution in [0.15, 0.2) is 83.8 Å². The Hall–Kier alpha value is -3.84. The molecule has 3 aromatic rings. The maximum absolute atomic E-state index is 13.8. The Morgan fingerprint density at radius 1 is 0.956 bits per heavy atom. The summed E-state index contributed by atoms with van der Waals surface area (Å²) in [5.41, 5.74) is 1.51. The number of hydrogen-bond donors (Lipinski definition) is 1. The van der Waals surface area contributed by atoms with Gasteiger partial charge in [0.05, 0.1) is 24.2 Å². The van der Waals surface area contributed by atoms with E-state index >= 15 is 0 Å². The van der Waals surface area contributed by atoms with Gasteiger partial charge in [-0.15, -0.1) is 0 Å². The summed E-state index contributed by atoms with van der Waals surface area (Å²) in [7, 11) is -3.68. The second kappa shape index (κ2) is 15.4. The molecule has 2 aliphatic rings. The molecule has 0 saturated carbocycles. The van der Waals surface area contributed by atoms with Crippen molar-refractivity contribution in [1.29, 1.82) is 0 Å². The highest BCUT2D eigenvalue weighted by Gasteiger charge is 2.32. The quantitative estimate of drug-likeness (QED) is 0.306. The van der Waals surface area contributed by atoms with Gasteiger partial charge in [-0.05, 0) is 60.4 Å². The molecule has 10 nitrogen and oxygen atoms in total. The summed E-state index contributed by atoms with van der Waals surface area (Å²) >= 11 is 0. The highest BCUT2D eigenvalue weighted by atomic mass is 32.2. The Morgan fingerprint density at radius 3 is 2.33 bits per heavy atom. The zero-order chi connectivity index (χ0) is 31.6. The van der Waals surface area contributed by atoms with Gasteiger partial charge in [-0.2, -0.15) is 4.31 Å². The summed E-state index contributed by atoms with van der Waals surface area (Å²) in [6.07, 6.45) is 1.95. The Kier molecular flexibility index (Phi) is 11.2. The van der Waals surface area contributed by atoms with Gasteiger partial charge in [0, 0.05) is 39.2 Å². The summed E-state index contributed by atoms with van der Waals surface area (Å²) in [4.78, 5) is 29.1. The number of morpholine rings is 1. The number of benzene rings is 3. The standard InChI is InChI=1S/C33H38FN3O7S/c34-27-10-8-26(9-11-27)23-37(31(21-25-5-2-1-3-6-25)33(39)35-22-29-7-4-18-43-29)32(38)24-44-28-12-14-30(15-13-28)45(40,41)36-16-19-42-20-17-36/h1-3,5-6,8-15,29,31H,4,7,16-24H2,(H,35,39)/t29-,31-/m0/s1. The first-order valence-corrected chi connectivity index (χ1v) is 16.5. The van der Waals surface area contributed by atoms with Gasteiger partial charge in [-0.1, -0.05) is 42.5 Å². The van der Waals surface area contributed by atoms with Gasteiger partial charge < -0.3 is 24.4 Å². The molecular weight excluding hydrogens is 601 g/mol. The van der Waals surface area contributed by atoms with Crippen molar-refractivity contribution in [1.82, 2.24) is 14.5 Å². The fraction of sp³-hybridized carbons (Fsp3) is 0.394. The first-order valence-electron chi connectivity index (χ1n) is 15.1. The Balaban J connectivity index is 1.33. The molecule has 3 aromatic carbocycles. The monoisotopic (exact) mass is 639 g/mol. The van der Waals surface area contributed by atoms with Crippen molar-refractivity contribution in [3.63, 3.8) is 0 Å². The van der Waals surface area contributed by atoms with E-state index in [1.54, 1.807) is 12.1 Å². The van der Waals surface area contributed by atoms with E-state index in [0.29, 0.717) is 37.7 Å². The summed E-state index contributed by atoms with van der Waals surface area (Å²) in [6, 6.07) is 20.2. The lowest BCUT2D eigenvalue weighted by atomic mass is 10.0. The molecule has 2 aliphatic heterocycles. The largest absolute Gasteiger partial charge is 0.484 e. The number of ether oxygens (including phenoxy) is 3. The molecule has 0 bridgehead atoms. The average molecular weight is 640 g/mol. The molecule has 2 amide bonds. The maximum Gasteiger partial charge on any atom is 0.261 e. The zero-order valence-corrected chi connectivity index (χ0v) is 25.8. The normalized spacial score (nSPS) is 17.8. The van der Waals surface area contributed by atoms with Crippen molar-refractivity contribution in [3.05, 3.63) is 95.8 Å². The van der Waals surface area contributed by atoms with Crippen LogP contribution in [0.4, 0.5) is 4.39 Å². The fourth-order valence-electron chi connectivity index (χ4n) is 5.35. The number of halogens is 1. The highest BCUT2D eigenvalue weighted by molar-refractivity contribution is 7.89. The molecule has 1 N–H and O–H groups in total. The third-order valence-electron chi connectivity index (χ3n) is 7.86. The third-order valence-corrected chi connectivity index (χ3v) is 9.77. The van der Waals surface area contributed by atoms with Crippen molar-refractivity contribution in [2.75, 3.05) is 46.1 Å². The molecule has 2 fully saturated rings. The zero-order valence-electron chi connectivity index (χ0n) is 25.0. The Bertz CT molecular complexity index is 1510. The predicted molar refractivity (Wildman–Crippen MR) is 164 cm³/mol. The molecule has 0 spiro atoms. The summed E-state index contributed by atoms with van der Waals surface area (Å²) in [6.45, 7) is 1.88. The van der Waals surface area contributed by atoms with Crippen LogP contribution in [0.2, 0.25) is 0 Å². The lowest BCUT2D eigenvalue weighted by Gasteiger charge is -2.31. The molecule has 2 atom stereocenters. The molecule has 45 heavy (non-hydrogen) atoms. The van der Waals surface area contributed by atoms with Crippen molar-refractivity contribution < 1.29 is 36.6 Å². The van der Waals surface area contributed by atoms with Crippen molar-refractivity contribution in [2.24, 2.45) is 0 Å². The molecule has 2 saturated heterocycles. The first kappa shape index (κ1) is 32.6. The molecule has 0 aliphatic carbocycles. The van der Waals surface area contributed by atoms with Crippen LogP contribution in [0, 0.1) is 5.82 Å². The Labute approximate surface area is 263 Å². The molecule has 0 unspecified atom stereocenters. The third kappa shape index (κ3) is 8.88. The molecule has 2 heterocycles. The van der Waals surface area contributed by atoms with Crippen LogP contribution < -0.4 is 10.1 Å². The highest BCUT2D eigenvalue weighted by Crippen LogP contribution is 2.22. The van der Waals surface area contributed by atoms with E-state index in [1.807, 2.05) is 30.3 Å². The SMILES string of the molecule is O=C(NC[C@@H]1CCCO1)[C@H](Cc1ccccc1)N(Cc1ccc(F)cc1)C(=O)COc1ccc(S(=O)(=O)N2CCOCC2)cc1. The minimum absolute atomic E-state index is 0.0457. The second-order valence-corrected chi connectivity index (χ2v) is 12.9. The lowest BCUT2D eigenvalue weighted by Crippen LogP contribution is -2.52. The summed E-state index contributed by atoms with van der Waals surface area (Å²) in [5, 5.41) is 2.97. The lowest BCUT2D eigenvalue weighted by molar-refractivity contribution is -0.143. The van der Waals surface area contributed by atoms with Crippen LogP contribution >= 0.6 is 0 Å². The van der Waals surface area contributed by atoms with Crippen LogP contribution in [0.1, 0.15) is 24.0 Å². The Morgan fingerprint density at radius 2 is 1.67 bits per heavy atom. The number of hydrogen-bond acceptors (Lipinski definition) is 7. The maximum atomic E-state index is 13.8. The van der Waals surface area contributed by atoms with E-state index in [0.717, 1.165) is 18.4 Å². The number of nitrogens with one attached hydrogen (secondary N) is 1. The molecule has 12 heteroatoms. The van der Waals surface area contributed by atoms with Gasteiger partial charge in [0.15, 0.2) is 6.61 Å². The molecule has 240 valence electrons. The number of carbonyl (C=O) groups excluding carboxylic acids is 2. The van der Waals surface area contributed by atoms with Crippen LogP contribution in [-0.2, 0) is 42.1 Å². The molecule has 0 aromatic heterocycles. The van der Waals surface area contributed by atoms with Gasteiger partial charge in [-0.25, -0.2) is 12.8 Å². The van der Waals surface area contributed by atoms with Crippen LogP contribution in [0.3, 0.4) is 0 Å². The van der Waals surface area contributed by atoms with Crippen molar-refractivity contribution in [3.8, 4) is 5.75 Å². The second-order valence-electron chi connectivity index (χ2n) is 11.0. The van der Waals surface area contributed by atoms with Crippen LogP contribution in [0.25, 0.3) is 0 Å². The summed E-state index contributed by atoms with van der Waals surface area (Å²) in [5.74, 6) is -0.900. The minimum Gasteiger partial charge on any atom is -0.484 e. The van der Waals surface area contributed by atoms with E-state index < -0.39 is 34.4 Å².